The quantitative estimate of drug-likeness (QED) is 0.418. The van der Waals surface area contributed by atoms with Gasteiger partial charge < -0.3 is 16.4 Å². The monoisotopic (exact) mass is 512 g/mol. The van der Waals surface area contributed by atoms with E-state index >= 15 is 0 Å². The number of likely N-dealkylation sites (N-methyl/N-ethyl adjacent to an activating group) is 1. The highest BCUT2D eigenvalue weighted by atomic mass is 35.5. The molecule has 0 radical (unpaired) electrons. The number of nitrogens with one attached hydrogen (secondary N) is 2. The number of anilines is 1. The van der Waals surface area contributed by atoms with Crippen LogP contribution in [0.25, 0.3) is 0 Å². The van der Waals surface area contributed by atoms with Gasteiger partial charge in [-0.1, -0.05) is 11.6 Å². The zero-order valence-corrected chi connectivity index (χ0v) is 17.7. The largest absolute Gasteiger partial charge is 0.476 e. The molecular formula is C17H11ClF6N6O2S. The number of carbonyl (C=O) groups is 1. The van der Waals surface area contributed by atoms with E-state index in [1.165, 1.54) is 6.07 Å². The highest BCUT2D eigenvalue weighted by Gasteiger charge is 2.49. The Kier molecular flexibility index (Phi) is 7.01. The van der Waals surface area contributed by atoms with E-state index in [1.807, 2.05) is 0 Å². The molecule has 2 rings (SSSR count). The Bertz CT molecular complexity index is 1180. The van der Waals surface area contributed by atoms with E-state index in [1.54, 1.807) is 6.07 Å². The summed E-state index contributed by atoms with van der Waals surface area (Å²) in [6, 6.07) is 3.61. The van der Waals surface area contributed by atoms with Crippen LogP contribution in [0, 0.1) is 22.7 Å². The summed E-state index contributed by atoms with van der Waals surface area (Å²) < 4.78 is 91.8. The number of aliphatic imine (C=N–C) groups is 1. The molecule has 1 heterocycles. The number of alkyl halides is 6. The lowest BCUT2D eigenvalue weighted by atomic mass is 9.83. The number of benzene rings is 1. The number of rotatable bonds is 4. The lowest BCUT2D eigenvalue weighted by molar-refractivity contribution is -0.138. The van der Waals surface area contributed by atoms with Gasteiger partial charge in [0.15, 0.2) is 16.3 Å². The second-order valence-electron chi connectivity index (χ2n) is 6.31. The maximum atomic E-state index is 13.3. The highest BCUT2D eigenvalue weighted by Crippen LogP contribution is 2.46. The van der Waals surface area contributed by atoms with Gasteiger partial charge in [0, 0.05) is 12.6 Å². The van der Waals surface area contributed by atoms with Gasteiger partial charge in [0.1, 0.15) is 22.5 Å². The maximum Gasteiger partial charge on any atom is 0.476 e. The summed E-state index contributed by atoms with van der Waals surface area (Å²) in [5.74, 6) is -2.22. The second kappa shape index (κ2) is 8.92. The third kappa shape index (κ3) is 4.74. The average molecular weight is 513 g/mol. The van der Waals surface area contributed by atoms with Crippen molar-refractivity contribution in [2.45, 2.75) is 23.6 Å². The summed E-state index contributed by atoms with van der Waals surface area (Å²) in [4.78, 5) is 15.1. The molecule has 1 aliphatic rings. The van der Waals surface area contributed by atoms with Gasteiger partial charge in [-0.25, -0.2) is 9.20 Å². The lowest BCUT2D eigenvalue weighted by Gasteiger charge is -2.35. The molecule has 2 atom stereocenters. The summed E-state index contributed by atoms with van der Waals surface area (Å²) in [6.07, 6.45) is -5.90. The molecule has 176 valence electrons. The standard InChI is InChI=1S/C17H11ClF6N6O2S/c1-28-14(31)15(2-3-25)8-4-7(16(19,20)21)5-9(18)11(8)29-13(30-15)12(10(27)6-26)33(32)17(22,23)24/h4-5H,2,27H2,1H3,(H,28,31)(H,29,30). The fraction of sp³-hybridized carbons (Fsp3) is 0.294. The summed E-state index contributed by atoms with van der Waals surface area (Å²) >= 11 is 5.94. The van der Waals surface area contributed by atoms with Crippen LogP contribution in [0.15, 0.2) is 27.7 Å². The van der Waals surface area contributed by atoms with Gasteiger partial charge in [-0.05, 0) is 12.1 Å². The van der Waals surface area contributed by atoms with E-state index in [-0.39, 0.29) is 0 Å². The molecular weight excluding hydrogens is 502 g/mol. The van der Waals surface area contributed by atoms with Crippen LogP contribution >= 0.6 is 11.6 Å². The summed E-state index contributed by atoms with van der Waals surface area (Å²) in [7, 11) is -2.91. The highest BCUT2D eigenvalue weighted by molar-refractivity contribution is 7.91. The first-order chi connectivity index (χ1) is 15.1. The lowest BCUT2D eigenvalue weighted by Crippen LogP contribution is -2.46. The molecule has 0 fully saturated rings. The molecule has 4 N–H and O–H groups in total. The molecule has 0 saturated carbocycles. The van der Waals surface area contributed by atoms with Crippen molar-refractivity contribution in [1.82, 2.24) is 5.32 Å². The number of amidine groups is 1. The van der Waals surface area contributed by atoms with Crippen molar-refractivity contribution in [3.63, 3.8) is 0 Å². The zero-order valence-electron chi connectivity index (χ0n) is 16.2. The molecule has 2 unspecified atom stereocenters. The predicted octanol–water partition coefficient (Wildman–Crippen LogP) is 3.00. The molecule has 1 aromatic carbocycles. The van der Waals surface area contributed by atoms with Crippen LogP contribution in [0.3, 0.4) is 0 Å². The van der Waals surface area contributed by atoms with Crippen LogP contribution < -0.4 is 16.4 Å². The van der Waals surface area contributed by atoms with E-state index in [0.717, 1.165) is 7.05 Å². The first kappa shape index (κ1) is 26.0. The number of amides is 1. The number of nitrogens with zero attached hydrogens (tertiary/aromatic N) is 3. The van der Waals surface area contributed by atoms with Crippen molar-refractivity contribution >= 4 is 39.8 Å². The molecule has 8 nitrogen and oxygen atoms in total. The minimum atomic E-state index is -5.43. The predicted molar refractivity (Wildman–Crippen MR) is 105 cm³/mol. The summed E-state index contributed by atoms with van der Waals surface area (Å²) in [6.45, 7) is 0. The fourth-order valence-electron chi connectivity index (χ4n) is 2.92. The Morgan fingerprint density at radius 3 is 2.36 bits per heavy atom. The number of fused-ring (bicyclic) bond motifs is 1. The number of carbonyl (C=O) groups excluding carboxylic acids is 1. The van der Waals surface area contributed by atoms with Crippen LogP contribution in [0.2, 0.25) is 5.02 Å². The van der Waals surface area contributed by atoms with E-state index in [9.17, 15) is 40.6 Å². The van der Waals surface area contributed by atoms with Gasteiger partial charge in [0.2, 0.25) is 0 Å². The average Bonchev–Trinajstić information content (AvgIpc) is 2.72. The maximum absolute atomic E-state index is 13.3. The third-order valence-corrected chi connectivity index (χ3v) is 5.83. The van der Waals surface area contributed by atoms with Gasteiger partial charge >= 0.3 is 11.7 Å². The van der Waals surface area contributed by atoms with E-state index in [0.29, 0.717) is 12.1 Å². The molecule has 0 saturated heterocycles. The van der Waals surface area contributed by atoms with Crippen molar-refractivity contribution in [3.8, 4) is 12.1 Å². The van der Waals surface area contributed by atoms with Crippen molar-refractivity contribution < 1.29 is 35.3 Å². The van der Waals surface area contributed by atoms with Gasteiger partial charge in [-0.15, -0.1) is 0 Å². The molecule has 33 heavy (non-hydrogen) atoms. The van der Waals surface area contributed by atoms with Gasteiger partial charge in [0.25, 0.3) is 5.91 Å². The Hall–Kier alpha value is -3.30. The van der Waals surface area contributed by atoms with Crippen molar-refractivity contribution in [3.05, 3.63) is 38.9 Å². The molecule has 0 spiro atoms. The SMILES string of the molecule is CNC(=O)C1(CC#N)N=C(C(=C(N)C#N)S(=O)C(F)(F)F)Nc2c(Cl)cc(C(F)(F)F)cc21. The summed E-state index contributed by atoms with van der Waals surface area (Å²) in [5.41, 5.74) is -6.31. The van der Waals surface area contributed by atoms with Crippen LogP contribution in [0.5, 0.6) is 0 Å². The van der Waals surface area contributed by atoms with Crippen LogP contribution in [-0.2, 0) is 27.3 Å². The number of hydrogen-bond acceptors (Lipinski definition) is 7. The van der Waals surface area contributed by atoms with Crippen molar-refractivity contribution in [2.75, 3.05) is 12.4 Å². The summed E-state index contributed by atoms with van der Waals surface area (Å²) in [5, 5.41) is 21.8. The van der Waals surface area contributed by atoms with E-state index in [2.05, 4.69) is 15.6 Å². The molecule has 1 amide bonds. The fourth-order valence-corrected chi connectivity index (χ4v) is 3.94. The number of hydrogen-bond donors (Lipinski definition) is 3. The molecule has 16 heteroatoms. The molecule has 0 aromatic heterocycles. The number of nitriles is 2. The normalized spacial score (nSPS) is 19.6. The topological polar surface area (TPSA) is 144 Å². The number of halogens is 7. The first-order valence-electron chi connectivity index (χ1n) is 8.40. The first-order valence-corrected chi connectivity index (χ1v) is 9.92. The Labute approximate surface area is 189 Å². The number of allylic oxidation sites excluding steroid dienone is 1. The van der Waals surface area contributed by atoms with E-state index < -0.39 is 78.6 Å². The number of nitrogens with two attached hydrogens (primary N) is 1. The smallest absolute Gasteiger partial charge is 0.389 e. The second-order valence-corrected chi connectivity index (χ2v) is 8.12. The van der Waals surface area contributed by atoms with E-state index in [4.69, 9.17) is 22.6 Å². The Morgan fingerprint density at radius 1 is 1.30 bits per heavy atom. The van der Waals surface area contributed by atoms with Gasteiger partial charge in [-0.2, -0.15) is 36.9 Å². The minimum absolute atomic E-state index is 0.426. The van der Waals surface area contributed by atoms with Gasteiger partial charge in [0.05, 0.1) is 28.8 Å². The molecule has 1 aromatic rings. The Morgan fingerprint density at radius 2 is 1.91 bits per heavy atom. The van der Waals surface area contributed by atoms with Crippen LogP contribution in [0.1, 0.15) is 17.5 Å². The zero-order chi connectivity index (χ0) is 25.4. The molecule has 0 aliphatic carbocycles. The van der Waals surface area contributed by atoms with Crippen molar-refractivity contribution in [2.24, 2.45) is 10.7 Å². The van der Waals surface area contributed by atoms with Crippen molar-refractivity contribution in [1.29, 1.82) is 10.5 Å². The third-order valence-electron chi connectivity index (χ3n) is 4.32. The Balaban J connectivity index is 3.01. The molecule has 1 aliphatic heterocycles. The van der Waals surface area contributed by atoms with Gasteiger partial charge in [-0.3, -0.25) is 4.79 Å². The van der Waals surface area contributed by atoms with Crippen LogP contribution in [0.4, 0.5) is 32.0 Å². The van der Waals surface area contributed by atoms with Crippen LogP contribution in [-0.4, -0.2) is 28.5 Å². The minimum Gasteiger partial charge on any atom is -0.389 e. The molecule has 0 bridgehead atoms.